The average molecular weight is 357 g/mol. The van der Waals surface area contributed by atoms with Gasteiger partial charge in [-0.05, 0) is 92.3 Å². The second kappa shape index (κ2) is 5.95. The molecule has 0 aliphatic heterocycles. The predicted octanol–water partition coefficient (Wildman–Crippen LogP) is 4.46. The van der Waals surface area contributed by atoms with Gasteiger partial charge in [-0.25, -0.2) is 4.18 Å². The molecule has 0 unspecified atom stereocenters. The minimum atomic E-state index is -4.32. The van der Waals surface area contributed by atoms with Gasteiger partial charge in [-0.15, -0.1) is 0 Å². The summed E-state index contributed by atoms with van der Waals surface area (Å²) in [5.41, 5.74) is 0.346. The summed E-state index contributed by atoms with van der Waals surface area (Å²) in [5, 5.41) is 0. The van der Waals surface area contributed by atoms with Crippen LogP contribution in [0.3, 0.4) is 0 Å². The van der Waals surface area contributed by atoms with Crippen LogP contribution in [-0.4, -0.2) is 19.1 Å². The summed E-state index contributed by atoms with van der Waals surface area (Å²) in [7, 11) is -4.32. The van der Waals surface area contributed by atoms with Crippen molar-refractivity contribution >= 4 is 10.4 Å². The van der Waals surface area contributed by atoms with Crippen molar-refractivity contribution in [2.75, 3.05) is 0 Å². The minimum absolute atomic E-state index is 0.322. The highest BCUT2D eigenvalue weighted by molar-refractivity contribution is 7.80. The van der Waals surface area contributed by atoms with Crippen molar-refractivity contribution in [3.63, 3.8) is 0 Å². The quantitative estimate of drug-likeness (QED) is 0.742. The molecule has 0 bridgehead atoms. The molecule has 1 N–H and O–H groups in total. The van der Waals surface area contributed by atoms with Gasteiger partial charge in [0.1, 0.15) is 0 Å². The molecule has 0 amide bonds. The topological polar surface area (TPSA) is 63.6 Å². The first-order valence-corrected chi connectivity index (χ1v) is 11.3. The van der Waals surface area contributed by atoms with Gasteiger partial charge in [-0.3, -0.25) is 4.55 Å². The molecule has 0 heterocycles. The summed E-state index contributed by atoms with van der Waals surface area (Å²) in [4.78, 5) is 0. The summed E-state index contributed by atoms with van der Waals surface area (Å²) < 4.78 is 36.0. The number of fused-ring (bicyclic) bond motifs is 5. The maximum absolute atomic E-state index is 11.1. The second-order valence-electron chi connectivity index (χ2n) is 9.43. The lowest BCUT2D eigenvalue weighted by Gasteiger charge is -2.59. The molecule has 4 nitrogen and oxygen atoms in total. The summed E-state index contributed by atoms with van der Waals surface area (Å²) in [6, 6.07) is 0. The van der Waals surface area contributed by atoms with Gasteiger partial charge in [0, 0.05) is 0 Å². The standard InChI is InChI=1S/C19H32O4S/c1-12-3-5-16-15(12)7-8-18-17(16)6-4-13-11-14(23-24(20,21)22)9-10-19(13,18)2/h12-18H,3-11H2,1-2H3,(H,20,21,22)/t12-,13-,14-,15+,16-,17+,18+,19+/m1/s1. The van der Waals surface area contributed by atoms with Crippen LogP contribution in [0, 0.1) is 40.9 Å². The van der Waals surface area contributed by atoms with Gasteiger partial charge in [0.05, 0.1) is 6.10 Å². The third-order valence-corrected chi connectivity index (χ3v) is 9.07. The Morgan fingerprint density at radius 2 is 1.67 bits per heavy atom. The molecule has 0 saturated heterocycles. The molecule has 24 heavy (non-hydrogen) atoms. The summed E-state index contributed by atoms with van der Waals surface area (Å²) in [5.74, 6) is 5.09. The zero-order valence-corrected chi connectivity index (χ0v) is 15.8. The third kappa shape index (κ3) is 2.84. The van der Waals surface area contributed by atoms with Crippen molar-refractivity contribution in [2.24, 2.45) is 40.9 Å². The molecule has 0 aromatic carbocycles. The van der Waals surface area contributed by atoms with E-state index in [2.05, 4.69) is 13.8 Å². The van der Waals surface area contributed by atoms with Crippen LogP contribution in [0.15, 0.2) is 0 Å². The van der Waals surface area contributed by atoms with Gasteiger partial charge in [0.25, 0.3) is 0 Å². The van der Waals surface area contributed by atoms with Crippen LogP contribution in [0.25, 0.3) is 0 Å². The molecule has 0 aromatic rings. The Morgan fingerprint density at radius 3 is 2.42 bits per heavy atom. The summed E-state index contributed by atoms with van der Waals surface area (Å²) in [6.07, 6.45) is 10.4. The number of rotatable bonds is 2. The van der Waals surface area contributed by atoms with Gasteiger partial charge >= 0.3 is 10.4 Å². The van der Waals surface area contributed by atoms with E-state index in [9.17, 15) is 8.42 Å². The molecular formula is C19H32O4S. The summed E-state index contributed by atoms with van der Waals surface area (Å²) in [6.45, 7) is 4.92. The van der Waals surface area contributed by atoms with Gasteiger partial charge in [-0.2, -0.15) is 8.42 Å². The lowest BCUT2D eigenvalue weighted by atomic mass is 9.47. The van der Waals surface area contributed by atoms with Crippen LogP contribution in [-0.2, 0) is 14.6 Å². The van der Waals surface area contributed by atoms with E-state index >= 15 is 0 Å². The van der Waals surface area contributed by atoms with Crippen molar-refractivity contribution < 1.29 is 17.2 Å². The Hall–Kier alpha value is -0.130. The first-order chi connectivity index (χ1) is 11.3. The molecule has 4 aliphatic carbocycles. The molecule has 0 radical (unpaired) electrons. The fraction of sp³-hybridized carbons (Fsp3) is 1.00. The van der Waals surface area contributed by atoms with Crippen LogP contribution in [0.2, 0.25) is 0 Å². The minimum Gasteiger partial charge on any atom is -0.264 e. The maximum Gasteiger partial charge on any atom is 0.397 e. The van der Waals surface area contributed by atoms with E-state index in [1.54, 1.807) is 0 Å². The summed E-state index contributed by atoms with van der Waals surface area (Å²) >= 11 is 0. The monoisotopic (exact) mass is 356 g/mol. The smallest absolute Gasteiger partial charge is 0.264 e. The molecular weight excluding hydrogens is 324 g/mol. The molecule has 5 heteroatoms. The van der Waals surface area contributed by atoms with E-state index in [4.69, 9.17) is 8.74 Å². The molecule has 8 atom stereocenters. The third-order valence-electron chi connectivity index (χ3n) is 8.55. The average Bonchev–Trinajstić information content (AvgIpc) is 2.88. The van der Waals surface area contributed by atoms with Gasteiger partial charge < -0.3 is 0 Å². The van der Waals surface area contributed by atoms with Gasteiger partial charge in [0.2, 0.25) is 0 Å². The van der Waals surface area contributed by atoms with Crippen molar-refractivity contribution in [3.05, 3.63) is 0 Å². The van der Waals surface area contributed by atoms with E-state index in [1.165, 1.54) is 38.5 Å². The molecule has 138 valence electrons. The van der Waals surface area contributed by atoms with Crippen molar-refractivity contribution in [1.82, 2.24) is 0 Å². The van der Waals surface area contributed by atoms with Crippen LogP contribution < -0.4 is 0 Å². The highest BCUT2D eigenvalue weighted by Gasteiger charge is 2.56. The van der Waals surface area contributed by atoms with E-state index in [-0.39, 0.29) is 6.10 Å². The van der Waals surface area contributed by atoms with Crippen LogP contribution in [0.4, 0.5) is 0 Å². The maximum atomic E-state index is 11.1. The zero-order valence-electron chi connectivity index (χ0n) is 15.0. The SMILES string of the molecule is C[C@@H]1CC[C@@H]2[C@H]1CC[C@H]1[C@H]2CC[C@@H]2C[C@H](OS(=O)(=O)O)CC[C@@]21C. The van der Waals surface area contributed by atoms with Gasteiger partial charge in [-0.1, -0.05) is 20.3 Å². The highest BCUT2D eigenvalue weighted by atomic mass is 32.3. The zero-order chi connectivity index (χ0) is 17.1. The number of hydrogen-bond donors (Lipinski definition) is 1. The van der Waals surface area contributed by atoms with E-state index < -0.39 is 10.4 Å². The Labute approximate surface area is 146 Å². The second-order valence-corrected chi connectivity index (χ2v) is 10.5. The Bertz CT molecular complexity index is 588. The fourth-order valence-electron chi connectivity index (χ4n) is 7.42. The lowest BCUT2D eigenvalue weighted by molar-refractivity contribution is -0.105. The Morgan fingerprint density at radius 1 is 0.958 bits per heavy atom. The van der Waals surface area contributed by atoms with Crippen LogP contribution in [0.1, 0.15) is 71.6 Å². The van der Waals surface area contributed by atoms with Crippen molar-refractivity contribution in [2.45, 2.75) is 77.7 Å². The van der Waals surface area contributed by atoms with Crippen molar-refractivity contribution in [3.8, 4) is 0 Å². The predicted molar refractivity (Wildman–Crippen MR) is 92.7 cm³/mol. The molecule has 4 aliphatic rings. The molecule has 0 aromatic heterocycles. The Kier molecular flexibility index (Phi) is 4.29. The fourth-order valence-corrected chi connectivity index (χ4v) is 7.94. The lowest BCUT2D eigenvalue weighted by Crippen LogP contribution is -2.52. The highest BCUT2D eigenvalue weighted by Crippen LogP contribution is 2.63. The molecule has 4 fully saturated rings. The first-order valence-electron chi connectivity index (χ1n) is 9.93. The molecule has 0 spiro atoms. The van der Waals surface area contributed by atoms with E-state index in [1.807, 2.05) is 0 Å². The van der Waals surface area contributed by atoms with E-state index in [0.29, 0.717) is 11.3 Å². The van der Waals surface area contributed by atoms with Crippen molar-refractivity contribution in [1.29, 1.82) is 0 Å². The Balaban J connectivity index is 1.50. The first kappa shape index (κ1) is 17.3. The molecule has 4 saturated carbocycles. The van der Waals surface area contributed by atoms with Gasteiger partial charge in [0.15, 0.2) is 0 Å². The van der Waals surface area contributed by atoms with Crippen LogP contribution >= 0.6 is 0 Å². The van der Waals surface area contributed by atoms with E-state index in [0.717, 1.165) is 48.9 Å². The largest absolute Gasteiger partial charge is 0.397 e. The number of hydrogen-bond acceptors (Lipinski definition) is 3. The van der Waals surface area contributed by atoms with Crippen LogP contribution in [0.5, 0.6) is 0 Å². The normalized spacial score (nSPS) is 51.5. The molecule has 4 rings (SSSR count).